The quantitative estimate of drug-likeness (QED) is 0.196. The van der Waals surface area contributed by atoms with Crippen molar-refractivity contribution in [2.24, 2.45) is 0 Å². The fraction of sp³-hybridized carbons (Fsp3) is 0. The molecule has 5 nitrogen and oxygen atoms in total. The van der Waals surface area contributed by atoms with Gasteiger partial charge in [0.05, 0.1) is 45.0 Å². The Hall–Kier alpha value is -6.20. The number of para-hydroxylation sites is 1. The largest absolute Gasteiger partial charge is 0.292 e. The molecule has 0 N–H and O–H groups in total. The molecule has 45 heavy (non-hydrogen) atoms. The summed E-state index contributed by atoms with van der Waals surface area (Å²) in [7, 11) is 0. The van der Waals surface area contributed by atoms with Crippen LogP contribution in [0.5, 0.6) is 0 Å². The summed E-state index contributed by atoms with van der Waals surface area (Å²) in [6.45, 7) is 0. The molecule has 0 bridgehead atoms. The van der Waals surface area contributed by atoms with Crippen molar-refractivity contribution in [3.8, 4) is 39.9 Å². The van der Waals surface area contributed by atoms with Crippen LogP contribution in [0.25, 0.3) is 83.3 Å². The van der Waals surface area contributed by atoms with E-state index in [1.807, 2.05) is 60.8 Å². The Morgan fingerprint density at radius 1 is 0.400 bits per heavy atom. The molecule has 0 saturated heterocycles. The summed E-state index contributed by atoms with van der Waals surface area (Å²) in [5, 5.41) is 5.95. The molecule has 0 radical (unpaired) electrons. The molecule has 0 spiro atoms. The number of hydrogen-bond acceptors (Lipinski definition) is 4. The normalized spacial score (nSPS) is 11.6. The maximum absolute atomic E-state index is 5.14. The third-order valence-corrected chi connectivity index (χ3v) is 8.46. The molecule has 210 valence electrons. The van der Waals surface area contributed by atoms with Crippen molar-refractivity contribution in [2.75, 3.05) is 0 Å². The molecule has 4 aromatic carbocycles. The molecular formula is C40H25N5. The predicted octanol–water partition coefficient (Wildman–Crippen LogP) is 9.67. The first-order valence-electron chi connectivity index (χ1n) is 15.0. The SMILES string of the molecule is c1cc(-c2cccc(-c3cc4ccccc4c4ccccc34)n2)nc(-c2cccc(-n3c4ccccc4c4ncccc43)n2)c1. The first-order valence-corrected chi connectivity index (χ1v) is 15.0. The highest BCUT2D eigenvalue weighted by Crippen LogP contribution is 2.35. The van der Waals surface area contributed by atoms with Crippen LogP contribution in [0.4, 0.5) is 0 Å². The highest BCUT2D eigenvalue weighted by Gasteiger charge is 2.15. The van der Waals surface area contributed by atoms with Crippen molar-refractivity contribution < 1.29 is 0 Å². The zero-order valence-corrected chi connectivity index (χ0v) is 24.2. The van der Waals surface area contributed by atoms with Crippen molar-refractivity contribution in [1.29, 1.82) is 0 Å². The maximum Gasteiger partial charge on any atom is 0.138 e. The van der Waals surface area contributed by atoms with Crippen LogP contribution in [0, 0.1) is 0 Å². The van der Waals surface area contributed by atoms with Gasteiger partial charge >= 0.3 is 0 Å². The van der Waals surface area contributed by atoms with Crippen molar-refractivity contribution >= 4 is 43.5 Å². The molecule has 5 heteroatoms. The average Bonchev–Trinajstić information content (AvgIpc) is 3.46. The molecule has 9 rings (SSSR count). The monoisotopic (exact) mass is 575 g/mol. The van der Waals surface area contributed by atoms with E-state index >= 15 is 0 Å². The average molecular weight is 576 g/mol. The van der Waals surface area contributed by atoms with Crippen LogP contribution in [0.2, 0.25) is 0 Å². The van der Waals surface area contributed by atoms with Gasteiger partial charge in [-0.1, -0.05) is 84.9 Å². The summed E-state index contributed by atoms with van der Waals surface area (Å²) >= 11 is 0. The highest BCUT2D eigenvalue weighted by atomic mass is 15.1. The van der Waals surface area contributed by atoms with Gasteiger partial charge < -0.3 is 0 Å². The molecule has 0 unspecified atom stereocenters. The molecule has 5 heterocycles. The summed E-state index contributed by atoms with van der Waals surface area (Å²) in [6.07, 6.45) is 1.84. The fourth-order valence-electron chi connectivity index (χ4n) is 6.43. The first-order chi connectivity index (χ1) is 22.3. The molecule has 0 atom stereocenters. The van der Waals surface area contributed by atoms with E-state index in [1.165, 1.54) is 21.5 Å². The lowest BCUT2D eigenvalue weighted by molar-refractivity contribution is 1.07. The molecule has 0 amide bonds. The standard InChI is InChI=1S/C40H25N5/c1-2-12-27-26(11-1)25-31(29-14-4-3-13-28(27)29)32-16-7-17-33(42-32)34-18-8-19-35(43-34)36-20-9-23-39(44-36)45-37-21-6-5-15-30(37)40-38(45)22-10-24-41-40/h1-25H. The van der Waals surface area contributed by atoms with Gasteiger partial charge in [-0.15, -0.1) is 0 Å². The highest BCUT2D eigenvalue weighted by molar-refractivity contribution is 6.13. The zero-order chi connectivity index (χ0) is 29.7. The lowest BCUT2D eigenvalue weighted by Gasteiger charge is -2.12. The lowest BCUT2D eigenvalue weighted by atomic mass is 9.95. The number of hydrogen-bond donors (Lipinski definition) is 0. The summed E-state index contributed by atoms with van der Waals surface area (Å²) in [4.78, 5) is 20.0. The van der Waals surface area contributed by atoms with Crippen LogP contribution >= 0.6 is 0 Å². The van der Waals surface area contributed by atoms with Crippen LogP contribution in [0.15, 0.2) is 152 Å². The number of rotatable bonds is 4. The minimum Gasteiger partial charge on any atom is -0.292 e. The Labute approximate surface area is 259 Å². The van der Waals surface area contributed by atoms with Crippen molar-refractivity contribution in [3.63, 3.8) is 0 Å². The van der Waals surface area contributed by atoms with E-state index in [1.54, 1.807) is 0 Å². The molecule has 0 aliphatic carbocycles. The van der Waals surface area contributed by atoms with Crippen LogP contribution < -0.4 is 0 Å². The van der Waals surface area contributed by atoms with E-state index in [-0.39, 0.29) is 0 Å². The molecule has 5 aromatic heterocycles. The molecule has 0 fully saturated rings. The van der Waals surface area contributed by atoms with E-state index in [9.17, 15) is 0 Å². The van der Waals surface area contributed by atoms with E-state index in [4.69, 9.17) is 15.0 Å². The summed E-state index contributed by atoms with van der Waals surface area (Å²) < 4.78 is 2.17. The minimum absolute atomic E-state index is 0.789. The molecule has 0 aliphatic rings. The Bertz CT molecular complexity index is 2510. The topological polar surface area (TPSA) is 56.5 Å². The first kappa shape index (κ1) is 25.3. The zero-order valence-electron chi connectivity index (χ0n) is 24.2. The second-order valence-corrected chi connectivity index (χ2v) is 11.1. The van der Waals surface area contributed by atoms with Gasteiger partial charge in [0.1, 0.15) is 5.82 Å². The van der Waals surface area contributed by atoms with Crippen LogP contribution in [0.3, 0.4) is 0 Å². The van der Waals surface area contributed by atoms with Gasteiger partial charge in [-0.05, 0) is 82.2 Å². The maximum atomic E-state index is 5.14. The van der Waals surface area contributed by atoms with E-state index in [0.29, 0.717) is 0 Å². The number of aromatic nitrogens is 5. The van der Waals surface area contributed by atoms with Crippen molar-refractivity contribution in [2.45, 2.75) is 0 Å². The molecular weight excluding hydrogens is 550 g/mol. The van der Waals surface area contributed by atoms with E-state index in [0.717, 1.165) is 61.8 Å². The second kappa shape index (κ2) is 10.2. The van der Waals surface area contributed by atoms with Crippen LogP contribution in [-0.4, -0.2) is 24.5 Å². The number of benzene rings is 4. The van der Waals surface area contributed by atoms with Crippen LogP contribution in [-0.2, 0) is 0 Å². The summed E-state index contributed by atoms with van der Waals surface area (Å²) in [6, 6.07) is 50.0. The smallest absolute Gasteiger partial charge is 0.138 e. The fourth-order valence-corrected chi connectivity index (χ4v) is 6.43. The van der Waals surface area contributed by atoms with Crippen molar-refractivity contribution in [1.82, 2.24) is 24.5 Å². The minimum atomic E-state index is 0.789. The number of pyridine rings is 4. The number of fused-ring (bicyclic) bond motifs is 6. The third-order valence-electron chi connectivity index (χ3n) is 8.46. The van der Waals surface area contributed by atoms with Crippen LogP contribution in [0.1, 0.15) is 0 Å². The van der Waals surface area contributed by atoms with Gasteiger partial charge in [-0.25, -0.2) is 15.0 Å². The van der Waals surface area contributed by atoms with Gasteiger partial charge in [0.15, 0.2) is 0 Å². The molecule has 0 aliphatic heterocycles. The molecule has 0 saturated carbocycles. The number of nitrogens with zero attached hydrogens (tertiary/aromatic N) is 5. The van der Waals surface area contributed by atoms with Gasteiger partial charge in [0.25, 0.3) is 0 Å². The Morgan fingerprint density at radius 2 is 0.978 bits per heavy atom. The Balaban J connectivity index is 1.14. The van der Waals surface area contributed by atoms with Gasteiger partial charge in [-0.3, -0.25) is 9.55 Å². The third kappa shape index (κ3) is 4.17. The van der Waals surface area contributed by atoms with Crippen molar-refractivity contribution in [3.05, 3.63) is 152 Å². The van der Waals surface area contributed by atoms with Gasteiger partial charge in [0.2, 0.25) is 0 Å². The second-order valence-electron chi connectivity index (χ2n) is 11.1. The Kier molecular flexibility index (Phi) is 5.74. The Morgan fingerprint density at radius 3 is 1.78 bits per heavy atom. The van der Waals surface area contributed by atoms with Gasteiger partial charge in [-0.2, -0.15) is 0 Å². The molecule has 9 aromatic rings. The van der Waals surface area contributed by atoms with Gasteiger partial charge in [0, 0.05) is 17.1 Å². The predicted molar refractivity (Wildman–Crippen MR) is 183 cm³/mol. The lowest BCUT2D eigenvalue weighted by Crippen LogP contribution is -1.99. The summed E-state index contributed by atoms with van der Waals surface area (Å²) in [5.74, 6) is 0.821. The van der Waals surface area contributed by atoms with E-state index in [2.05, 4.69) is 101 Å². The summed E-state index contributed by atoms with van der Waals surface area (Å²) in [5.41, 5.74) is 8.28. The van der Waals surface area contributed by atoms with E-state index < -0.39 is 0 Å².